The smallest absolute Gasteiger partial charge is 0.227 e. The van der Waals surface area contributed by atoms with Gasteiger partial charge in [0.05, 0.1) is 6.54 Å². The predicted molar refractivity (Wildman–Crippen MR) is 84.6 cm³/mol. The second-order valence-electron chi connectivity index (χ2n) is 6.81. The number of rotatable bonds is 4. The van der Waals surface area contributed by atoms with Crippen molar-refractivity contribution in [3.63, 3.8) is 0 Å². The number of hydrogen-bond acceptors (Lipinski definition) is 4. The van der Waals surface area contributed by atoms with E-state index in [2.05, 4.69) is 19.7 Å². The Labute approximate surface area is 134 Å². The van der Waals surface area contributed by atoms with Gasteiger partial charge in [-0.05, 0) is 49.8 Å². The van der Waals surface area contributed by atoms with Gasteiger partial charge in [-0.1, -0.05) is 12.1 Å². The van der Waals surface area contributed by atoms with Gasteiger partial charge in [-0.15, -0.1) is 10.2 Å². The molecule has 0 spiro atoms. The van der Waals surface area contributed by atoms with Gasteiger partial charge in [-0.2, -0.15) is 0 Å². The summed E-state index contributed by atoms with van der Waals surface area (Å²) in [6.45, 7) is 4.11. The quantitative estimate of drug-likeness (QED) is 0.940. The minimum Gasteiger partial charge on any atom is -0.383 e. The van der Waals surface area contributed by atoms with Crippen molar-refractivity contribution in [3.8, 4) is 0 Å². The molecule has 4 rings (SSSR count). The van der Waals surface area contributed by atoms with Crippen molar-refractivity contribution in [1.82, 2.24) is 14.8 Å². The Kier molecular flexibility index (Phi) is 3.37. The van der Waals surface area contributed by atoms with E-state index in [4.69, 9.17) is 0 Å². The van der Waals surface area contributed by atoms with Crippen LogP contribution in [0.25, 0.3) is 0 Å². The van der Waals surface area contributed by atoms with Gasteiger partial charge in [-0.25, -0.2) is 4.39 Å². The molecule has 2 heterocycles. The molecule has 1 saturated heterocycles. The Hall–Kier alpha value is -1.95. The van der Waals surface area contributed by atoms with Crippen LogP contribution in [0.2, 0.25) is 0 Å². The molecule has 1 aliphatic carbocycles. The lowest BCUT2D eigenvalue weighted by Gasteiger charge is -2.24. The first-order valence-corrected chi connectivity index (χ1v) is 8.18. The number of aryl methyl sites for hydroxylation is 1. The Bertz CT molecular complexity index is 710. The minimum absolute atomic E-state index is 0.285. The number of nitrogens with zero attached hydrogens (tertiary/aromatic N) is 4. The third-order valence-corrected chi connectivity index (χ3v) is 4.97. The summed E-state index contributed by atoms with van der Waals surface area (Å²) >= 11 is 0. The molecule has 1 unspecified atom stereocenters. The van der Waals surface area contributed by atoms with Gasteiger partial charge in [0.25, 0.3) is 0 Å². The van der Waals surface area contributed by atoms with Crippen molar-refractivity contribution in [3.05, 3.63) is 41.5 Å². The van der Waals surface area contributed by atoms with E-state index >= 15 is 0 Å². The molecule has 5 nitrogen and oxygen atoms in total. The molecule has 122 valence electrons. The molecule has 0 amide bonds. The highest BCUT2D eigenvalue weighted by molar-refractivity contribution is 5.38. The van der Waals surface area contributed by atoms with Gasteiger partial charge >= 0.3 is 0 Å². The number of hydrogen-bond donors (Lipinski definition) is 1. The van der Waals surface area contributed by atoms with Gasteiger partial charge in [0.15, 0.2) is 0 Å². The first-order valence-electron chi connectivity index (χ1n) is 8.18. The molecule has 6 heteroatoms. The Morgan fingerprint density at radius 1 is 1.26 bits per heavy atom. The zero-order valence-electron chi connectivity index (χ0n) is 13.2. The van der Waals surface area contributed by atoms with E-state index in [1.807, 2.05) is 6.92 Å². The number of aliphatic hydroxyl groups is 1. The second-order valence-corrected chi connectivity index (χ2v) is 6.81. The fourth-order valence-electron chi connectivity index (χ4n) is 3.34. The largest absolute Gasteiger partial charge is 0.383 e. The summed E-state index contributed by atoms with van der Waals surface area (Å²) in [6.07, 6.45) is 3.15. The van der Waals surface area contributed by atoms with Crippen LogP contribution in [0.3, 0.4) is 0 Å². The van der Waals surface area contributed by atoms with Gasteiger partial charge in [0.1, 0.15) is 17.2 Å². The van der Waals surface area contributed by atoms with Crippen molar-refractivity contribution in [2.45, 2.75) is 38.3 Å². The van der Waals surface area contributed by atoms with E-state index < -0.39 is 5.60 Å². The van der Waals surface area contributed by atoms with E-state index in [0.717, 1.165) is 36.3 Å². The van der Waals surface area contributed by atoms with Crippen LogP contribution in [0, 0.1) is 18.7 Å². The zero-order valence-corrected chi connectivity index (χ0v) is 13.2. The molecule has 0 bridgehead atoms. The molecule has 0 radical (unpaired) electrons. The van der Waals surface area contributed by atoms with Crippen LogP contribution in [-0.2, 0) is 12.1 Å². The van der Waals surface area contributed by atoms with Crippen molar-refractivity contribution in [1.29, 1.82) is 0 Å². The van der Waals surface area contributed by atoms with Crippen molar-refractivity contribution < 1.29 is 9.50 Å². The van der Waals surface area contributed by atoms with Crippen LogP contribution in [0.15, 0.2) is 24.3 Å². The van der Waals surface area contributed by atoms with Crippen LogP contribution >= 0.6 is 0 Å². The number of benzene rings is 1. The molecule has 1 atom stereocenters. The highest BCUT2D eigenvalue weighted by Gasteiger charge is 2.39. The molecule has 1 N–H and O–H groups in total. The van der Waals surface area contributed by atoms with Crippen LogP contribution in [-0.4, -0.2) is 33.0 Å². The summed E-state index contributed by atoms with van der Waals surface area (Å²) in [7, 11) is 0. The fourth-order valence-corrected chi connectivity index (χ4v) is 3.34. The first kappa shape index (κ1) is 14.6. The van der Waals surface area contributed by atoms with E-state index in [1.165, 1.54) is 25.0 Å². The molecular formula is C17H21FN4O. The summed E-state index contributed by atoms with van der Waals surface area (Å²) in [5, 5.41) is 19.5. The van der Waals surface area contributed by atoms with Crippen molar-refractivity contribution in [2.24, 2.45) is 5.92 Å². The monoisotopic (exact) mass is 316 g/mol. The molecule has 1 aliphatic heterocycles. The second kappa shape index (κ2) is 5.30. The van der Waals surface area contributed by atoms with Crippen LogP contribution in [0.1, 0.15) is 30.7 Å². The standard InChI is InChI=1S/C17H21FN4O/c1-12-19-20-16(22(12)10-13-2-3-13)21-9-8-17(23,11-21)14-4-6-15(18)7-5-14/h4-7,13,23H,2-3,8-11H2,1H3. The number of β-amino-alcohol motifs (C(OH)–C–C–N with tert-alkyl or cyclic N) is 1. The van der Waals surface area contributed by atoms with Crippen LogP contribution in [0.5, 0.6) is 0 Å². The lowest BCUT2D eigenvalue weighted by molar-refractivity contribution is 0.0605. The molecule has 2 aromatic rings. The lowest BCUT2D eigenvalue weighted by atomic mass is 9.93. The Balaban J connectivity index is 1.57. The molecule has 2 fully saturated rings. The zero-order chi connectivity index (χ0) is 16.0. The molecule has 1 saturated carbocycles. The number of halogens is 1. The van der Waals surface area contributed by atoms with E-state index in [1.54, 1.807) is 12.1 Å². The molecule has 2 aliphatic rings. The predicted octanol–water partition coefficient (Wildman–Crippen LogP) is 2.23. The number of anilines is 1. The maximum atomic E-state index is 13.1. The van der Waals surface area contributed by atoms with Crippen molar-refractivity contribution >= 4 is 5.95 Å². The number of aromatic nitrogens is 3. The summed E-state index contributed by atoms with van der Waals surface area (Å²) < 4.78 is 15.3. The normalized spacial score (nSPS) is 24.4. The third-order valence-electron chi connectivity index (χ3n) is 4.97. The van der Waals surface area contributed by atoms with Gasteiger partial charge < -0.3 is 10.0 Å². The van der Waals surface area contributed by atoms with Gasteiger partial charge in [0.2, 0.25) is 5.95 Å². The van der Waals surface area contributed by atoms with Gasteiger partial charge in [0, 0.05) is 13.1 Å². The maximum Gasteiger partial charge on any atom is 0.227 e. The summed E-state index contributed by atoms with van der Waals surface area (Å²) in [6, 6.07) is 6.13. The highest BCUT2D eigenvalue weighted by atomic mass is 19.1. The lowest BCUT2D eigenvalue weighted by Crippen LogP contribution is -2.32. The third kappa shape index (κ3) is 2.72. The van der Waals surface area contributed by atoms with Crippen LogP contribution in [0.4, 0.5) is 10.3 Å². The first-order chi connectivity index (χ1) is 11.0. The van der Waals surface area contributed by atoms with Crippen molar-refractivity contribution in [2.75, 3.05) is 18.0 Å². The SMILES string of the molecule is Cc1nnc(N2CCC(O)(c3ccc(F)cc3)C2)n1CC1CC1. The van der Waals surface area contributed by atoms with E-state index in [0.29, 0.717) is 13.0 Å². The maximum absolute atomic E-state index is 13.1. The molecular weight excluding hydrogens is 295 g/mol. The van der Waals surface area contributed by atoms with Gasteiger partial charge in [-0.3, -0.25) is 4.57 Å². The Morgan fingerprint density at radius 3 is 2.70 bits per heavy atom. The minimum atomic E-state index is -0.960. The average Bonchev–Trinajstić information content (AvgIpc) is 3.16. The molecule has 23 heavy (non-hydrogen) atoms. The molecule has 1 aromatic carbocycles. The summed E-state index contributed by atoms with van der Waals surface area (Å²) in [5.41, 5.74) is -0.204. The highest BCUT2D eigenvalue weighted by Crippen LogP contribution is 2.36. The molecule has 1 aromatic heterocycles. The topological polar surface area (TPSA) is 54.2 Å². The summed E-state index contributed by atoms with van der Waals surface area (Å²) in [4.78, 5) is 2.09. The van der Waals surface area contributed by atoms with Crippen LogP contribution < -0.4 is 4.90 Å². The van der Waals surface area contributed by atoms with E-state index in [9.17, 15) is 9.50 Å². The average molecular weight is 316 g/mol. The summed E-state index contributed by atoms with van der Waals surface area (Å²) in [5.74, 6) is 2.21. The fraction of sp³-hybridized carbons (Fsp3) is 0.529. The van der Waals surface area contributed by atoms with E-state index in [-0.39, 0.29) is 5.82 Å². The Morgan fingerprint density at radius 2 is 2.00 bits per heavy atom.